The maximum atomic E-state index is 13.7. The third-order valence-corrected chi connectivity index (χ3v) is 7.30. The molecule has 0 spiro atoms. The molecule has 2 unspecified atom stereocenters. The van der Waals surface area contributed by atoms with E-state index in [9.17, 15) is 18.4 Å². The van der Waals surface area contributed by atoms with Crippen molar-refractivity contribution in [2.75, 3.05) is 33.3 Å². The third-order valence-electron chi connectivity index (χ3n) is 7.30. The van der Waals surface area contributed by atoms with E-state index in [1.165, 1.54) is 22.9 Å². The van der Waals surface area contributed by atoms with Crippen LogP contribution in [0.25, 0.3) is 10.9 Å². The number of fused-ring (bicyclic) bond motifs is 1. The number of nitrogens with one attached hydrogen (secondary N) is 1. The fourth-order valence-electron chi connectivity index (χ4n) is 4.98. The second kappa shape index (κ2) is 12.3. The number of benzene rings is 2. The molecule has 3 heterocycles. The van der Waals surface area contributed by atoms with Gasteiger partial charge in [-0.15, -0.1) is 0 Å². The summed E-state index contributed by atoms with van der Waals surface area (Å²) in [7, 11) is 2.12. The van der Waals surface area contributed by atoms with Gasteiger partial charge in [-0.1, -0.05) is 17.9 Å². The summed E-state index contributed by atoms with van der Waals surface area (Å²) >= 11 is 0. The van der Waals surface area contributed by atoms with Crippen LogP contribution in [0.5, 0.6) is 5.75 Å². The summed E-state index contributed by atoms with van der Waals surface area (Å²) in [5.41, 5.74) is 1.33. The molecule has 5 rings (SSSR count). The van der Waals surface area contributed by atoms with Crippen LogP contribution in [-0.2, 0) is 0 Å². The van der Waals surface area contributed by atoms with Crippen LogP contribution in [-0.4, -0.2) is 53.6 Å². The summed E-state index contributed by atoms with van der Waals surface area (Å²) < 4.78 is 34.5. The molecule has 2 aromatic heterocycles. The number of amides is 1. The Kier molecular flexibility index (Phi) is 8.41. The summed E-state index contributed by atoms with van der Waals surface area (Å²) in [6.45, 7) is 4.44. The lowest BCUT2D eigenvalue weighted by Gasteiger charge is -2.16. The Hall–Kier alpha value is -4.55. The lowest BCUT2D eigenvalue weighted by molar-refractivity contribution is 0.0956. The number of carbonyl (C=O) groups is 1. The van der Waals surface area contributed by atoms with E-state index in [0.717, 1.165) is 53.9 Å². The van der Waals surface area contributed by atoms with E-state index in [1.54, 1.807) is 19.2 Å². The number of nitrogens with zero attached hydrogens (tertiary/aromatic N) is 3. The van der Waals surface area contributed by atoms with Crippen molar-refractivity contribution in [3.63, 3.8) is 0 Å². The van der Waals surface area contributed by atoms with Crippen LogP contribution in [0.1, 0.15) is 40.9 Å². The van der Waals surface area contributed by atoms with Crippen LogP contribution in [0.15, 0.2) is 71.8 Å². The van der Waals surface area contributed by atoms with Gasteiger partial charge in [-0.25, -0.2) is 8.78 Å². The number of rotatable bonds is 7. The molecular weight excluding hydrogens is 526 g/mol. The lowest BCUT2D eigenvalue weighted by Crippen LogP contribution is -2.34. The minimum absolute atomic E-state index is 0.0233. The molecule has 1 fully saturated rings. The molecule has 1 aliphatic heterocycles. The first-order valence-electron chi connectivity index (χ1n) is 13.4. The van der Waals surface area contributed by atoms with Gasteiger partial charge in [0.05, 0.1) is 24.7 Å². The van der Waals surface area contributed by atoms with Crippen LogP contribution >= 0.6 is 0 Å². The van der Waals surface area contributed by atoms with Gasteiger partial charge in [0.25, 0.3) is 11.5 Å². The number of aromatic nitrogens is 2. The minimum atomic E-state index is -1.00. The van der Waals surface area contributed by atoms with E-state index in [2.05, 4.69) is 34.1 Å². The van der Waals surface area contributed by atoms with E-state index in [-0.39, 0.29) is 12.1 Å². The van der Waals surface area contributed by atoms with Gasteiger partial charge >= 0.3 is 0 Å². The molecular formula is C32H30F2N4O3. The Bertz CT molecular complexity index is 1710. The normalized spacial score (nSPS) is 15.8. The number of ether oxygens (including phenoxy) is 1. The zero-order valence-corrected chi connectivity index (χ0v) is 22.9. The zero-order valence-electron chi connectivity index (χ0n) is 22.9. The van der Waals surface area contributed by atoms with Crippen LogP contribution in [0.3, 0.4) is 0 Å². The molecule has 210 valence electrons. The van der Waals surface area contributed by atoms with E-state index in [0.29, 0.717) is 18.1 Å². The summed E-state index contributed by atoms with van der Waals surface area (Å²) in [6.07, 6.45) is 4.35. The highest BCUT2D eigenvalue weighted by molar-refractivity contribution is 5.94. The molecule has 1 aliphatic rings. The molecule has 9 heteroatoms. The number of likely N-dealkylation sites (tertiary alicyclic amines) is 1. The van der Waals surface area contributed by atoms with Crippen molar-refractivity contribution in [1.29, 1.82) is 0 Å². The fraction of sp³-hybridized carbons (Fsp3) is 0.281. The van der Waals surface area contributed by atoms with Crippen molar-refractivity contribution in [2.45, 2.75) is 19.4 Å². The summed E-state index contributed by atoms with van der Waals surface area (Å²) in [6, 6.07) is 13.3. The number of hydrogen-bond acceptors (Lipinski definition) is 5. The fourth-order valence-corrected chi connectivity index (χ4v) is 4.98. The van der Waals surface area contributed by atoms with Gasteiger partial charge in [-0.3, -0.25) is 14.6 Å². The smallest absolute Gasteiger partial charge is 0.263 e. The summed E-state index contributed by atoms with van der Waals surface area (Å²) in [4.78, 5) is 32.5. The molecule has 0 radical (unpaired) electrons. The molecule has 1 saturated heterocycles. The van der Waals surface area contributed by atoms with Crippen LogP contribution < -0.4 is 15.6 Å². The Balaban J connectivity index is 1.25. The second-order valence-electron chi connectivity index (χ2n) is 10.2. The predicted molar refractivity (Wildman–Crippen MR) is 153 cm³/mol. The molecule has 1 N–H and O–H groups in total. The molecule has 1 amide bonds. The molecule has 2 atom stereocenters. The molecule has 2 aromatic carbocycles. The van der Waals surface area contributed by atoms with Crippen molar-refractivity contribution in [3.05, 3.63) is 106 Å². The van der Waals surface area contributed by atoms with Crippen molar-refractivity contribution >= 4 is 16.8 Å². The van der Waals surface area contributed by atoms with Gasteiger partial charge in [-0.2, -0.15) is 0 Å². The topological polar surface area (TPSA) is 76.5 Å². The first-order valence-corrected chi connectivity index (χ1v) is 13.4. The highest BCUT2D eigenvalue weighted by Crippen LogP contribution is 2.26. The van der Waals surface area contributed by atoms with E-state index < -0.39 is 29.1 Å². The number of pyridine rings is 2. The average molecular weight is 557 g/mol. The molecule has 0 aliphatic carbocycles. The van der Waals surface area contributed by atoms with E-state index in [4.69, 9.17) is 4.74 Å². The molecule has 0 saturated carbocycles. The first-order chi connectivity index (χ1) is 19.8. The van der Waals surface area contributed by atoms with Crippen molar-refractivity contribution < 1.29 is 18.3 Å². The van der Waals surface area contributed by atoms with Crippen LogP contribution in [0.2, 0.25) is 0 Å². The number of hydrogen-bond donors (Lipinski definition) is 1. The van der Waals surface area contributed by atoms with Gasteiger partial charge in [0.1, 0.15) is 11.3 Å². The van der Waals surface area contributed by atoms with Gasteiger partial charge < -0.3 is 19.5 Å². The van der Waals surface area contributed by atoms with Crippen molar-refractivity contribution in [1.82, 2.24) is 19.8 Å². The highest BCUT2D eigenvalue weighted by Gasteiger charge is 2.20. The Morgan fingerprint density at radius 2 is 2.02 bits per heavy atom. The molecule has 41 heavy (non-hydrogen) atoms. The van der Waals surface area contributed by atoms with E-state index in [1.807, 2.05) is 24.3 Å². The molecule has 7 nitrogen and oxygen atoms in total. The minimum Gasteiger partial charge on any atom is -0.492 e. The summed E-state index contributed by atoms with van der Waals surface area (Å²) in [5, 5.41) is 3.53. The monoisotopic (exact) mass is 556 g/mol. The lowest BCUT2D eigenvalue weighted by atomic mass is 10.1. The van der Waals surface area contributed by atoms with Gasteiger partial charge in [-0.05, 0) is 81.0 Å². The van der Waals surface area contributed by atoms with E-state index >= 15 is 0 Å². The zero-order chi connectivity index (χ0) is 28.9. The Morgan fingerprint density at radius 3 is 2.80 bits per heavy atom. The molecule has 4 aromatic rings. The number of halogens is 2. The maximum Gasteiger partial charge on any atom is 0.263 e. The van der Waals surface area contributed by atoms with Gasteiger partial charge in [0.15, 0.2) is 11.6 Å². The highest BCUT2D eigenvalue weighted by atomic mass is 19.2. The second-order valence-corrected chi connectivity index (χ2v) is 10.2. The van der Waals surface area contributed by atoms with Gasteiger partial charge in [0, 0.05) is 35.8 Å². The first kappa shape index (κ1) is 28.0. The van der Waals surface area contributed by atoms with Crippen molar-refractivity contribution in [2.24, 2.45) is 5.92 Å². The average Bonchev–Trinajstić information content (AvgIpc) is 3.40. The maximum absolute atomic E-state index is 13.7. The standard InChI is InChI=1S/C32H30F2N4O3/c1-21(24-8-9-27(33)28(34)18-24)38-15-4-6-25(32(38)40)31(39)36-13-3-5-22-7-10-29-26(17-22)30(11-14-35-29)41-20-23-12-16-37(2)19-23/h4,6-11,14-15,17-18,21,23H,12-13,16,19-20H2,1-2H3,(H,36,39). The third kappa shape index (κ3) is 6.44. The number of carbonyl (C=O) groups excluding carboxylic acids is 1. The SMILES string of the molecule is CC(c1ccc(F)c(F)c1)n1cccc(C(=O)NCC#Cc2ccc3nccc(OCC4CCN(C)C4)c3c2)c1=O. The Morgan fingerprint density at radius 1 is 1.17 bits per heavy atom. The Labute approximate surface area is 236 Å². The van der Waals surface area contributed by atoms with Gasteiger partial charge in [0.2, 0.25) is 0 Å². The summed E-state index contributed by atoms with van der Waals surface area (Å²) in [5.74, 6) is 4.69. The largest absolute Gasteiger partial charge is 0.492 e. The molecule has 0 bridgehead atoms. The van der Waals surface area contributed by atoms with Crippen LogP contribution in [0, 0.1) is 29.4 Å². The van der Waals surface area contributed by atoms with Crippen LogP contribution in [0.4, 0.5) is 8.78 Å². The predicted octanol–water partition coefficient (Wildman–Crippen LogP) is 4.40. The quantitative estimate of drug-likeness (QED) is 0.342. The van der Waals surface area contributed by atoms with Crippen molar-refractivity contribution in [3.8, 4) is 17.6 Å².